The third kappa shape index (κ3) is 4.71. The number of nitro groups is 1. The monoisotopic (exact) mass is 428 g/mol. The van der Waals surface area contributed by atoms with Gasteiger partial charge in [-0.05, 0) is 11.5 Å². The normalized spacial score (nSPS) is 11.6. The maximum absolute atomic E-state index is 12.7. The first-order chi connectivity index (χ1) is 14.4. The number of amides is 1. The van der Waals surface area contributed by atoms with Gasteiger partial charge in [0.2, 0.25) is 5.13 Å². The van der Waals surface area contributed by atoms with E-state index >= 15 is 0 Å². The van der Waals surface area contributed by atoms with Gasteiger partial charge in [0.15, 0.2) is 11.5 Å². The highest BCUT2D eigenvalue weighted by Crippen LogP contribution is 2.35. The molecule has 10 heteroatoms. The first-order valence-corrected chi connectivity index (χ1v) is 9.83. The van der Waals surface area contributed by atoms with Crippen LogP contribution in [-0.4, -0.2) is 35.2 Å². The Labute approximate surface area is 176 Å². The minimum Gasteiger partial charge on any atom is -0.493 e. The lowest BCUT2D eigenvalue weighted by atomic mass is 9.98. The highest BCUT2D eigenvalue weighted by molar-refractivity contribution is 7.15. The summed E-state index contributed by atoms with van der Waals surface area (Å²) in [7, 11) is 2.75. The topological polar surface area (TPSA) is 116 Å². The Kier molecular flexibility index (Phi) is 6.58. The van der Waals surface area contributed by atoms with Crippen molar-refractivity contribution in [1.82, 2.24) is 10.2 Å². The zero-order valence-corrected chi connectivity index (χ0v) is 17.4. The summed E-state index contributed by atoms with van der Waals surface area (Å²) >= 11 is 1.23. The number of carbonyl (C=O) groups is 1. The van der Waals surface area contributed by atoms with E-state index in [1.807, 2.05) is 30.3 Å². The second-order valence-electron chi connectivity index (χ2n) is 6.45. The molecule has 0 saturated heterocycles. The predicted octanol–water partition coefficient (Wildman–Crippen LogP) is 4.06. The summed E-state index contributed by atoms with van der Waals surface area (Å²) in [6.07, 6.45) is 0.661. The smallest absolute Gasteiger partial charge is 0.286 e. The molecule has 9 nitrogen and oxygen atoms in total. The van der Waals surface area contributed by atoms with Crippen molar-refractivity contribution in [1.29, 1.82) is 0 Å². The Hall–Kier alpha value is -3.53. The summed E-state index contributed by atoms with van der Waals surface area (Å²) < 4.78 is 10.2. The van der Waals surface area contributed by atoms with Crippen LogP contribution in [0.15, 0.2) is 42.5 Å². The van der Waals surface area contributed by atoms with Gasteiger partial charge in [0.25, 0.3) is 11.6 Å². The highest BCUT2D eigenvalue weighted by atomic mass is 32.1. The van der Waals surface area contributed by atoms with Crippen molar-refractivity contribution in [2.24, 2.45) is 0 Å². The average molecular weight is 428 g/mol. The molecule has 3 aromatic rings. The Balaban J connectivity index is 1.77. The molecule has 1 aromatic heterocycles. The van der Waals surface area contributed by atoms with Crippen LogP contribution in [0.4, 0.5) is 10.8 Å². The van der Waals surface area contributed by atoms with Crippen LogP contribution >= 0.6 is 11.3 Å². The largest absolute Gasteiger partial charge is 0.493 e. The van der Waals surface area contributed by atoms with Crippen molar-refractivity contribution in [3.05, 3.63) is 68.7 Å². The van der Waals surface area contributed by atoms with Gasteiger partial charge < -0.3 is 9.47 Å². The molecular formula is C20H20N4O5S. The van der Waals surface area contributed by atoms with E-state index in [0.717, 1.165) is 11.1 Å². The second-order valence-corrected chi connectivity index (χ2v) is 7.51. The number of benzene rings is 2. The van der Waals surface area contributed by atoms with Crippen molar-refractivity contribution in [2.45, 2.75) is 19.3 Å². The third-order valence-corrected chi connectivity index (χ3v) is 5.34. The summed E-state index contributed by atoms with van der Waals surface area (Å²) in [5.41, 5.74) is 0.624. The number of methoxy groups -OCH3 is 2. The molecule has 30 heavy (non-hydrogen) atoms. The van der Waals surface area contributed by atoms with Gasteiger partial charge in [0.05, 0.1) is 25.2 Å². The van der Waals surface area contributed by atoms with E-state index in [0.29, 0.717) is 6.42 Å². The maximum atomic E-state index is 12.7. The van der Waals surface area contributed by atoms with E-state index in [9.17, 15) is 14.9 Å². The molecule has 0 radical (unpaired) electrons. The van der Waals surface area contributed by atoms with E-state index < -0.39 is 16.5 Å². The van der Waals surface area contributed by atoms with Gasteiger partial charge in [-0.1, -0.05) is 48.6 Å². The lowest BCUT2D eigenvalue weighted by Crippen LogP contribution is -2.14. The second kappa shape index (κ2) is 9.31. The van der Waals surface area contributed by atoms with Crippen LogP contribution in [0.1, 0.15) is 33.8 Å². The minimum absolute atomic E-state index is 0.160. The molecule has 1 amide bonds. The number of nitrogens with zero attached hydrogens (tertiary/aromatic N) is 3. The van der Waals surface area contributed by atoms with Crippen LogP contribution in [0.5, 0.6) is 11.5 Å². The number of carbonyl (C=O) groups excluding carboxylic acids is 1. The fraction of sp³-hybridized carbons (Fsp3) is 0.250. The summed E-state index contributed by atoms with van der Waals surface area (Å²) in [5, 5.41) is 23.1. The molecular weight excluding hydrogens is 408 g/mol. The average Bonchev–Trinajstić information content (AvgIpc) is 3.19. The first-order valence-electron chi connectivity index (χ1n) is 9.02. The zero-order chi connectivity index (χ0) is 21.7. The summed E-state index contributed by atoms with van der Waals surface area (Å²) in [6.45, 7) is 2.09. The maximum Gasteiger partial charge on any atom is 0.286 e. The highest BCUT2D eigenvalue weighted by Gasteiger charge is 2.25. The number of hydrogen-bond donors (Lipinski definition) is 1. The van der Waals surface area contributed by atoms with Gasteiger partial charge >= 0.3 is 0 Å². The number of anilines is 1. The molecule has 2 aromatic carbocycles. The summed E-state index contributed by atoms with van der Waals surface area (Å²) in [5.74, 6) is -0.0761. The van der Waals surface area contributed by atoms with Gasteiger partial charge in [0.1, 0.15) is 10.6 Å². The number of nitrogens with one attached hydrogen (secondary N) is 1. The number of aromatic nitrogens is 2. The standard InChI is InChI=1S/C20H20N4O5S/c1-12(13-7-5-4-6-8-13)9-18-22-23-20(30-18)21-19(25)14-10-16(28-2)17(29-3)11-15(14)24(26)27/h4-8,10-12H,9H2,1-3H3,(H,21,23,25). The predicted molar refractivity (Wildman–Crippen MR) is 113 cm³/mol. The number of nitro benzene ring substituents is 1. The van der Waals surface area contributed by atoms with Crippen molar-refractivity contribution in [3.63, 3.8) is 0 Å². The van der Waals surface area contributed by atoms with Crippen molar-refractivity contribution in [2.75, 3.05) is 19.5 Å². The van der Waals surface area contributed by atoms with Crippen LogP contribution in [0.3, 0.4) is 0 Å². The molecule has 1 N–H and O–H groups in total. The Morgan fingerprint density at radius 1 is 1.17 bits per heavy atom. The van der Waals surface area contributed by atoms with E-state index in [4.69, 9.17) is 9.47 Å². The molecule has 1 heterocycles. The van der Waals surface area contributed by atoms with Crippen molar-refractivity contribution >= 4 is 28.1 Å². The molecule has 0 spiro atoms. The summed E-state index contributed by atoms with van der Waals surface area (Å²) in [6, 6.07) is 12.4. The Bertz CT molecular complexity index is 1050. The number of ether oxygens (including phenoxy) is 2. The van der Waals surface area contributed by atoms with Crippen molar-refractivity contribution in [3.8, 4) is 11.5 Å². The van der Waals surface area contributed by atoms with Crippen LogP contribution in [-0.2, 0) is 6.42 Å². The van der Waals surface area contributed by atoms with E-state index in [1.165, 1.54) is 37.2 Å². The van der Waals surface area contributed by atoms with Gasteiger partial charge in [-0.15, -0.1) is 10.2 Å². The van der Waals surface area contributed by atoms with Gasteiger partial charge in [0, 0.05) is 12.5 Å². The van der Waals surface area contributed by atoms with Gasteiger partial charge in [-0.3, -0.25) is 20.2 Å². The molecule has 1 unspecified atom stereocenters. The molecule has 1 atom stereocenters. The Morgan fingerprint density at radius 3 is 2.47 bits per heavy atom. The summed E-state index contributed by atoms with van der Waals surface area (Å²) in [4.78, 5) is 23.4. The van der Waals surface area contributed by atoms with Crippen LogP contribution in [0.2, 0.25) is 0 Å². The van der Waals surface area contributed by atoms with E-state index in [2.05, 4.69) is 22.4 Å². The SMILES string of the molecule is COc1cc(C(=O)Nc2nnc(CC(C)c3ccccc3)s2)c([N+](=O)[O-])cc1OC. The molecule has 0 fully saturated rings. The van der Waals surface area contributed by atoms with E-state index in [1.54, 1.807) is 0 Å². The lowest BCUT2D eigenvalue weighted by molar-refractivity contribution is -0.385. The number of hydrogen-bond acceptors (Lipinski definition) is 8. The lowest BCUT2D eigenvalue weighted by Gasteiger charge is -2.10. The van der Waals surface area contributed by atoms with Crippen LogP contribution < -0.4 is 14.8 Å². The minimum atomic E-state index is -0.679. The molecule has 0 saturated carbocycles. The molecule has 0 aliphatic rings. The fourth-order valence-electron chi connectivity index (χ4n) is 2.91. The van der Waals surface area contributed by atoms with Crippen molar-refractivity contribution < 1.29 is 19.2 Å². The first kappa shape index (κ1) is 21.2. The fourth-order valence-corrected chi connectivity index (χ4v) is 3.78. The molecule has 0 aliphatic carbocycles. The van der Waals surface area contributed by atoms with Gasteiger partial charge in [-0.2, -0.15) is 0 Å². The molecule has 0 aliphatic heterocycles. The van der Waals surface area contributed by atoms with E-state index in [-0.39, 0.29) is 28.1 Å². The Morgan fingerprint density at radius 2 is 1.83 bits per heavy atom. The molecule has 156 valence electrons. The van der Waals surface area contributed by atoms with Crippen LogP contribution in [0, 0.1) is 10.1 Å². The molecule has 3 rings (SSSR count). The van der Waals surface area contributed by atoms with Crippen LogP contribution in [0.25, 0.3) is 0 Å². The zero-order valence-electron chi connectivity index (χ0n) is 16.6. The third-order valence-electron chi connectivity index (χ3n) is 4.48. The quantitative estimate of drug-likeness (QED) is 0.425. The number of rotatable bonds is 8. The van der Waals surface area contributed by atoms with Gasteiger partial charge in [-0.25, -0.2) is 0 Å². The molecule has 0 bridgehead atoms.